The van der Waals surface area contributed by atoms with Crippen molar-refractivity contribution in [1.29, 1.82) is 0 Å². The van der Waals surface area contributed by atoms with Crippen LogP contribution >= 0.6 is 23.5 Å². The molecule has 1 aromatic heterocycles. The van der Waals surface area contributed by atoms with Gasteiger partial charge in [-0.25, -0.2) is 4.39 Å². The van der Waals surface area contributed by atoms with Crippen molar-refractivity contribution in [3.63, 3.8) is 0 Å². The number of nitrogens with one attached hydrogen (secondary N) is 1. The van der Waals surface area contributed by atoms with Crippen LogP contribution < -0.4 is 5.32 Å². The summed E-state index contributed by atoms with van der Waals surface area (Å²) in [6.07, 6.45) is 3.04. The van der Waals surface area contributed by atoms with E-state index < -0.39 is 0 Å². The van der Waals surface area contributed by atoms with Crippen LogP contribution in [0.2, 0.25) is 0 Å². The van der Waals surface area contributed by atoms with Crippen LogP contribution in [0.3, 0.4) is 0 Å². The van der Waals surface area contributed by atoms with Crippen molar-refractivity contribution in [1.82, 2.24) is 10.3 Å². The maximum absolute atomic E-state index is 13.3. The van der Waals surface area contributed by atoms with Crippen LogP contribution in [0.1, 0.15) is 25.5 Å². The third-order valence-electron chi connectivity index (χ3n) is 3.07. The van der Waals surface area contributed by atoms with Crippen molar-refractivity contribution in [2.75, 3.05) is 18.1 Å². The third-order valence-corrected chi connectivity index (χ3v) is 6.27. The Morgan fingerprint density at radius 2 is 2.22 bits per heavy atom. The summed E-state index contributed by atoms with van der Waals surface area (Å²) in [6.45, 7) is 5.24. The number of halogens is 1. The fourth-order valence-electron chi connectivity index (χ4n) is 2.26. The molecule has 1 fully saturated rings. The highest BCUT2D eigenvalue weighted by Crippen LogP contribution is 2.38. The van der Waals surface area contributed by atoms with Crippen LogP contribution in [0, 0.1) is 5.82 Å². The number of hydrogen-bond donors (Lipinski definition) is 1. The quantitative estimate of drug-likeness (QED) is 0.919. The van der Waals surface area contributed by atoms with Gasteiger partial charge in [0.15, 0.2) is 0 Å². The molecule has 0 radical (unpaired) electrons. The predicted molar refractivity (Wildman–Crippen MR) is 78.8 cm³/mol. The van der Waals surface area contributed by atoms with E-state index >= 15 is 0 Å². The van der Waals surface area contributed by atoms with E-state index in [2.05, 4.69) is 24.1 Å². The standard InChI is InChI=1S/C13H19FN2S2/c1-3-16-12(10-6-11(14)8-15-7-10)13-9(2)17-4-5-18-13/h6-9,12-13,16H,3-5H2,1-2H3. The largest absolute Gasteiger partial charge is 0.309 e. The molecule has 18 heavy (non-hydrogen) atoms. The Morgan fingerprint density at radius 1 is 1.44 bits per heavy atom. The molecule has 1 aliphatic rings. The summed E-state index contributed by atoms with van der Waals surface area (Å²) in [6, 6.07) is 1.79. The fraction of sp³-hybridized carbons (Fsp3) is 0.615. The van der Waals surface area contributed by atoms with Gasteiger partial charge in [0.25, 0.3) is 0 Å². The molecule has 2 rings (SSSR count). The molecule has 1 saturated heterocycles. The molecular weight excluding hydrogens is 267 g/mol. The predicted octanol–water partition coefficient (Wildman–Crippen LogP) is 3.11. The Balaban J connectivity index is 2.21. The van der Waals surface area contributed by atoms with E-state index in [9.17, 15) is 4.39 Å². The molecule has 0 saturated carbocycles. The summed E-state index contributed by atoms with van der Waals surface area (Å²) in [4.78, 5) is 3.98. The van der Waals surface area contributed by atoms with Crippen LogP contribution in [-0.2, 0) is 0 Å². The SMILES string of the molecule is CCNC(c1cncc(F)c1)C1SCCSC1C. The van der Waals surface area contributed by atoms with E-state index in [0.29, 0.717) is 10.5 Å². The van der Waals surface area contributed by atoms with Gasteiger partial charge >= 0.3 is 0 Å². The average molecular weight is 286 g/mol. The van der Waals surface area contributed by atoms with Gasteiger partial charge in [-0.3, -0.25) is 4.98 Å². The van der Waals surface area contributed by atoms with Crippen molar-refractivity contribution in [2.24, 2.45) is 0 Å². The Bertz CT molecular complexity index is 389. The minimum Gasteiger partial charge on any atom is -0.309 e. The lowest BCUT2D eigenvalue weighted by Gasteiger charge is -2.35. The summed E-state index contributed by atoms with van der Waals surface area (Å²) >= 11 is 3.99. The summed E-state index contributed by atoms with van der Waals surface area (Å²) < 4.78 is 13.3. The molecule has 2 heterocycles. The van der Waals surface area contributed by atoms with Crippen LogP contribution in [0.4, 0.5) is 4.39 Å². The number of pyridine rings is 1. The maximum atomic E-state index is 13.3. The number of nitrogens with zero attached hydrogens (tertiary/aromatic N) is 1. The summed E-state index contributed by atoms with van der Waals surface area (Å²) in [5.41, 5.74) is 0.962. The van der Waals surface area contributed by atoms with Crippen molar-refractivity contribution in [3.05, 3.63) is 29.8 Å². The van der Waals surface area contributed by atoms with Crippen LogP contribution in [-0.4, -0.2) is 33.5 Å². The zero-order chi connectivity index (χ0) is 13.0. The monoisotopic (exact) mass is 286 g/mol. The summed E-state index contributed by atoms with van der Waals surface area (Å²) in [5, 5.41) is 4.54. The highest BCUT2D eigenvalue weighted by Gasteiger charge is 2.31. The maximum Gasteiger partial charge on any atom is 0.141 e. The van der Waals surface area contributed by atoms with Crippen LogP contribution in [0.25, 0.3) is 0 Å². The zero-order valence-electron chi connectivity index (χ0n) is 10.7. The van der Waals surface area contributed by atoms with E-state index in [-0.39, 0.29) is 11.9 Å². The number of thioether (sulfide) groups is 2. The van der Waals surface area contributed by atoms with E-state index in [1.165, 1.54) is 17.7 Å². The first-order chi connectivity index (χ1) is 8.72. The van der Waals surface area contributed by atoms with Crippen molar-refractivity contribution < 1.29 is 4.39 Å². The first-order valence-electron chi connectivity index (χ1n) is 6.29. The molecule has 1 aliphatic heterocycles. The number of hydrogen-bond acceptors (Lipinski definition) is 4. The van der Waals surface area contributed by atoms with Gasteiger partial charge in [0.1, 0.15) is 5.82 Å². The van der Waals surface area contributed by atoms with Gasteiger partial charge in [-0.15, -0.1) is 0 Å². The third kappa shape index (κ3) is 3.39. The molecule has 0 aromatic carbocycles. The molecule has 3 unspecified atom stereocenters. The second-order valence-electron chi connectivity index (χ2n) is 4.38. The summed E-state index contributed by atoms with van der Waals surface area (Å²) in [5.74, 6) is 2.13. The van der Waals surface area contributed by atoms with E-state index in [1.54, 1.807) is 12.3 Å². The highest BCUT2D eigenvalue weighted by atomic mass is 32.2. The van der Waals surface area contributed by atoms with Gasteiger partial charge in [-0.2, -0.15) is 23.5 Å². The normalized spacial score (nSPS) is 25.9. The van der Waals surface area contributed by atoms with Gasteiger partial charge in [-0.05, 0) is 18.2 Å². The van der Waals surface area contributed by atoms with E-state index in [4.69, 9.17) is 0 Å². The zero-order valence-corrected chi connectivity index (χ0v) is 12.4. The topological polar surface area (TPSA) is 24.9 Å². The number of aromatic nitrogens is 1. The van der Waals surface area contributed by atoms with Gasteiger partial charge in [-0.1, -0.05) is 13.8 Å². The molecule has 1 N–H and O–H groups in total. The minimum atomic E-state index is -0.253. The van der Waals surface area contributed by atoms with Crippen molar-refractivity contribution in [2.45, 2.75) is 30.4 Å². The summed E-state index contributed by atoms with van der Waals surface area (Å²) in [7, 11) is 0. The molecule has 100 valence electrons. The molecule has 0 aliphatic carbocycles. The Kier molecular flexibility index (Phi) is 5.33. The first kappa shape index (κ1) is 14.2. The Hall–Kier alpha value is -0.260. The lowest BCUT2D eigenvalue weighted by molar-refractivity contribution is 0.518. The van der Waals surface area contributed by atoms with Gasteiger partial charge in [0.2, 0.25) is 0 Å². The molecule has 2 nitrogen and oxygen atoms in total. The van der Waals surface area contributed by atoms with Gasteiger partial charge in [0.05, 0.1) is 6.20 Å². The Morgan fingerprint density at radius 3 is 2.89 bits per heavy atom. The smallest absolute Gasteiger partial charge is 0.141 e. The van der Waals surface area contributed by atoms with Crippen LogP contribution in [0.5, 0.6) is 0 Å². The molecule has 0 amide bonds. The van der Waals surface area contributed by atoms with Crippen molar-refractivity contribution >= 4 is 23.5 Å². The van der Waals surface area contributed by atoms with Gasteiger partial charge in [0, 0.05) is 34.2 Å². The lowest BCUT2D eigenvalue weighted by Crippen LogP contribution is -2.37. The Labute approximate surface area is 117 Å². The fourth-order valence-corrected chi connectivity index (χ4v) is 5.21. The highest BCUT2D eigenvalue weighted by molar-refractivity contribution is 8.07. The number of rotatable bonds is 4. The molecule has 0 bridgehead atoms. The molecule has 3 atom stereocenters. The average Bonchev–Trinajstić information content (AvgIpc) is 2.37. The van der Waals surface area contributed by atoms with Gasteiger partial charge < -0.3 is 5.32 Å². The first-order valence-corrected chi connectivity index (χ1v) is 8.39. The molecular formula is C13H19FN2S2. The molecule has 0 spiro atoms. The second kappa shape index (κ2) is 6.78. The van der Waals surface area contributed by atoms with E-state index in [1.807, 2.05) is 23.5 Å². The van der Waals surface area contributed by atoms with Crippen molar-refractivity contribution in [3.8, 4) is 0 Å². The second-order valence-corrected chi connectivity index (χ2v) is 7.15. The van der Waals surface area contributed by atoms with Crippen LogP contribution in [0.15, 0.2) is 18.5 Å². The minimum absolute atomic E-state index is 0.186. The van der Waals surface area contributed by atoms with E-state index in [0.717, 1.165) is 12.1 Å². The molecule has 1 aromatic rings. The lowest BCUT2D eigenvalue weighted by atomic mass is 10.0. The molecule has 5 heteroatoms.